The molecule has 6 nitrogen and oxygen atoms in total. The van der Waals surface area contributed by atoms with Gasteiger partial charge >= 0.3 is 0 Å². The van der Waals surface area contributed by atoms with Crippen LogP contribution in [0.3, 0.4) is 0 Å². The van der Waals surface area contributed by atoms with Gasteiger partial charge in [-0.1, -0.05) is 30.3 Å². The number of sulfonamides is 1. The van der Waals surface area contributed by atoms with Crippen molar-refractivity contribution < 1.29 is 13.2 Å². The smallest absolute Gasteiger partial charge is 0.244 e. The second-order valence-electron chi connectivity index (χ2n) is 6.01. The molecule has 1 aromatic carbocycles. The Bertz CT molecular complexity index is 595. The fourth-order valence-corrected chi connectivity index (χ4v) is 3.01. The SMILES string of the molecule is CC(C)(CNC(=O)C(C)(N)c1ccccc1)NS(C)(=O)=O. The highest BCUT2D eigenvalue weighted by molar-refractivity contribution is 7.88. The van der Waals surface area contributed by atoms with Crippen molar-refractivity contribution in [3.05, 3.63) is 35.9 Å². The lowest BCUT2D eigenvalue weighted by Crippen LogP contribution is -2.56. The molecular formula is C14H23N3O3S. The third-order valence-corrected chi connectivity index (χ3v) is 3.92. The van der Waals surface area contributed by atoms with Gasteiger partial charge < -0.3 is 11.1 Å². The number of carbonyl (C=O) groups is 1. The molecule has 1 rings (SSSR count). The molecule has 0 radical (unpaired) electrons. The van der Waals surface area contributed by atoms with E-state index in [1.807, 2.05) is 18.2 Å². The third kappa shape index (κ3) is 5.45. The fourth-order valence-electron chi connectivity index (χ4n) is 1.94. The zero-order valence-electron chi connectivity index (χ0n) is 12.8. The first-order chi connectivity index (χ1) is 9.44. The van der Waals surface area contributed by atoms with Gasteiger partial charge in [-0.25, -0.2) is 13.1 Å². The van der Waals surface area contributed by atoms with E-state index in [1.54, 1.807) is 32.9 Å². The molecule has 7 heteroatoms. The number of amides is 1. The first-order valence-corrected chi connectivity index (χ1v) is 8.45. The van der Waals surface area contributed by atoms with Crippen molar-refractivity contribution in [1.82, 2.24) is 10.0 Å². The monoisotopic (exact) mass is 313 g/mol. The van der Waals surface area contributed by atoms with Crippen molar-refractivity contribution in [2.45, 2.75) is 31.8 Å². The van der Waals surface area contributed by atoms with Gasteiger partial charge in [-0.15, -0.1) is 0 Å². The van der Waals surface area contributed by atoms with E-state index in [0.717, 1.165) is 6.26 Å². The number of rotatable bonds is 6. The third-order valence-electron chi connectivity index (χ3n) is 3.00. The molecule has 1 atom stereocenters. The number of nitrogens with two attached hydrogens (primary N) is 1. The Hall–Kier alpha value is -1.44. The van der Waals surface area contributed by atoms with E-state index in [0.29, 0.717) is 5.56 Å². The van der Waals surface area contributed by atoms with Gasteiger partial charge in [0.1, 0.15) is 5.54 Å². The molecule has 0 aliphatic heterocycles. The van der Waals surface area contributed by atoms with Crippen LogP contribution in [-0.2, 0) is 20.4 Å². The number of benzene rings is 1. The van der Waals surface area contributed by atoms with Crippen LogP contribution in [0.2, 0.25) is 0 Å². The van der Waals surface area contributed by atoms with Crippen LogP contribution in [0.1, 0.15) is 26.3 Å². The normalized spacial score (nSPS) is 15.3. The molecule has 0 fully saturated rings. The predicted molar refractivity (Wildman–Crippen MR) is 83.0 cm³/mol. The van der Waals surface area contributed by atoms with E-state index in [1.165, 1.54) is 0 Å². The molecule has 1 amide bonds. The Morgan fingerprint density at radius 1 is 1.19 bits per heavy atom. The molecule has 0 aliphatic carbocycles. The Balaban J connectivity index is 2.74. The summed E-state index contributed by atoms with van der Waals surface area (Å²) in [5.74, 6) is -0.364. The number of hydrogen-bond donors (Lipinski definition) is 3. The summed E-state index contributed by atoms with van der Waals surface area (Å²) in [5.41, 5.74) is 4.80. The second-order valence-corrected chi connectivity index (χ2v) is 7.76. The van der Waals surface area contributed by atoms with Crippen LogP contribution in [-0.4, -0.2) is 32.7 Å². The zero-order valence-corrected chi connectivity index (χ0v) is 13.6. The van der Waals surface area contributed by atoms with Gasteiger partial charge in [0.2, 0.25) is 15.9 Å². The molecule has 118 valence electrons. The minimum Gasteiger partial charge on any atom is -0.352 e. The summed E-state index contributed by atoms with van der Waals surface area (Å²) in [7, 11) is -3.35. The Morgan fingerprint density at radius 2 is 1.71 bits per heavy atom. The lowest BCUT2D eigenvalue weighted by atomic mass is 9.92. The molecule has 0 bridgehead atoms. The second kappa shape index (κ2) is 6.13. The van der Waals surface area contributed by atoms with Crippen LogP contribution in [0.5, 0.6) is 0 Å². The average Bonchev–Trinajstić information content (AvgIpc) is 2.34. The molecule has 0 saturated heterocycles. The first kappa shape index (κ1) is 17.6. The molecule has 21 heavy (non-hydrogen) atoms. The molecule has 0 aromatic heterocycles. The Labute approximate surface area is 126 Å². The van der Waals surface area contributed by atoms with Gasteiger partial charge in [0.25, 0.3) is 0 Å². The largest absolute Gasteiger partial charge is 0.352 e. The van der Waals surface area contributed by atoms with Gasteiger partial charge in [-0.3, -0.25) is 4.79 Å². The maximum absolute atomic E-state index is 12.3. The van der Waals surface area contributed by atoms with Crippen LogP contribution >= 0.6 is 0 Å². The first-order valence-electron chi connectivity index (χ1n) is 6.56. The summed E-state index contributed by atoms with van der Waals surface area (Å²) in [4.78, 5) is 12.3. The highest BCUT2D eigenvalue weighted by Gasteiger charge is 2.32. The number of nitrogens with one attached hydrogen (secondary N) is 2. The molecule has 1 unspecified atom stereocenters. The van der Waals surface area contributed by atoms with Gasteiger partial charge in [0.15, 0.2) is 0 Å². The van der Waals surface area contributed by atoms with Crippen LogP contribution < -0.4 is 15.8 Å². The lowest BCUT2D eigenvalue weighted by molar-refractivity contribution is -0.126. The molecule has 4 N–H and O–H groups in total. The van der Waals surface area contributed by atoms with Crippen LogP contribution in [0.15, 0.2) is 30.3 Å². The minimum atomic E-state index is -3.35. The van der Waals surface area contributed by atoms with Gasteiger partial charge in [-0.2, -0.15) is 0 Å². The van der Waals surface area contributed by atoms with Crippen LogP contribution in [0.25, 0.3) is 0 Å². The maximum atomic E-state index is 12.3. The molecule has 0 spiro atoms. The van der Waals surface area contributed by atoms with E-state index in [9.17, 15) is 13.2 Å². The fraction of sp³-hybridized carbons (Fsp3) is 0.500. The topological polar surface area (TPSA) is 101 Å². The standard InChI is InChI=1S/C14H23N3O3S/c1-13(2,17-21(4,19)20)10-16-12(18)14(3,15)11-8-6-5-7-9-11/h5-9,17H,10,15H2,1-4H3,(H,16,18). The van der Waals surface area contributed by atoms with E-state index in [2.05, 4.69) is 10.0 Å². The van der Waals surface area contributed by atoms with Crippen molar-refractivity contribution in [1.29, 1.82) is 0 Å². The van der Waals surface area contributed by atoms with Crippen molar-refractivity contribution in [3.63, 3.8) is 0 Å². The summed E-state index contributed by atoms with van der Waals surface area (Å²) in [6.45, 7) is 5.13. The average molecular weight is 313 g/mol. The van der Waals surface area contributed by atoms with Gasteiger partial charge in [-0.05, 0) is 26.3 Å². The summed E-state index contributed by atoms with van der Waals surface area (Å²) in [5, 5.41) is 2.69. The van der Waals surface area contributed by atoms with E-state index >= 15 is 0 Å². The molecule has 1 aromatic rings. The van der Waals surface area contributed by atoms with Crippen LogP contribution in [0, 0.1) is 0 Å². The molecule has 0 heterocycles. The van der Waals surface area contributed by atoms with Crippen molar-refractivity contribution >= 4 is 15.9 Å². The van der Waals surface area contributed by atoms with Crippen LogP contribution in [0.4, 0.5) is 0 Å². The van der Waals surface area contributed by atoms with Crippen molar-refractivity contribution in [2.75, 3.05) is 12.8 Å². The summed E-state index contributed by atoms with van der Waals surface area (Å²) < 4.78 is 25.0. The molecule has 0 saturated carbocycles. The highest BCUT2D eigenvalue weighted by atomic mass is 32.2. The Kier molecular flexibility index (Phi) is 5.14. The van der Waals surface area contributed by atoms with Crippen molar-refractivity contribution in [3.8, 4) is 0 Å². The molecule has 0 aliphatic rings. The van der Waals surface area contributed by atoms with E-state index in [-0.39, 0.29) is 12.5 Å². The summed E-state index contributed by atoms with van der Waals surface area (Å²) in [6, 6.07) is 9.02. The Morgan fingerprint density at radius 3 is 2.19 bits per heavy atom. The summed E-state index contributed by atoms with van der Waals surface area (Å²) in [6.07, 6.45) is 1.08. The van der Waals surface area contributed by atoms with E-state index in [4.69, 9.17) is 5.73 Å². The predicted octanol–water partition coefficient (Wildman–Crippen LogP) is 0.305. The van der Waals surface area contributed by atoms with Gasteiger partial charge in [0, 0.05) is 12.1 Å². The maximum Gasteiger partial charge on any atom is 0.244 e. The van der Waals surface area contributed by atoms with Gasteiger partial charge in [0.05, 0.1) is 6.26 Å². The lowest BCUT2D eigenvalue weighted by Gasteiger charge is -2.29. The molecular weight excluding hydrogens is 290 g/mol. The summed E-state index contributed by atoms with van der Waals surface area (Å²) >= 11 is 0. The highest BCUT2D eigenvalue weighted by Crippen LogP contribution is 2.17. The zero-order chi connectivity index (χ0) is 16.3. The quantitative estimate of drug-likeness (QED) is 0.703. The number of carbonyl (C=O) groups excluding carboxylic acids is 1. The minimum absolute atomic E-state index is 0.137. The number of hydrogen-bond acceptors (Lipinski definition) is 4. The van der Waals surface area contributed by atoms with Crippen molar-refractivity contribution in [2.24, 2.45) is 5.73 Å². The van der Waals surface area contributed by atoms with E-state index < -0.39 is 21.1 Å².